The summed E-state index contributed by atoms with van der Waals surface area (Å²) < 4.78 is 0. The molecule has 0 fully saturated rings. The number of rotatable bonds is 6. The average Bonchev–Trinajstić information content (AvgIpc) is 2.62. The van der Waals surface area contributed by atoms with Gasteiger partial charge in [-0.2, -0.15) is 0 Å². The molecule has 0 saturated carbocycles. The molecule has 0 bridgehead atoms. The van der Waals surface area contributed by atoms with Gasteiger partial charge in [0.25, 0.3) is 0 Å². The largest absolute Gasteiger partial charge is 0.360 e. The fourth-order valence-corrected chi connectivity index (χ4v) is 2.28. The lowest BCUT2D eigenvalue weighted by molar-refractivity contribution is -0.383. The Morgan fingerprint density at radius 3 is 2.48 bits per heavy atom. The van der Waals surface area contributed by atoms with Crippen LogP contribution in [0.5, 0.6) is 0 Å². The standard InChI is InChI=1S/C17H16N6O2/c1-12-6-5-9-18-15(12)22-17-14(23(24)25)16(20-11-21-17)19-10-13-7-3-2-4-8-13/h2-9,11H,10H2,1H3,(H2,18,19,20,21,22). The van der Waals surface area contributed by atoms with Gasteiger partial charge in [0.2, 0.25) is 11.6 Å². The van der Waals surface area contributed by atoms with E-state index < -0.39 is 4.92 Å². The van der Waals surface area contributed by atoms with Crippen molar-refractivity contribution in [2.75, 3.05) is 10.6 Å². The highest BCUT2D eigenvalue weighted by molar-refractivity contribution is 5.73. The molecule has 0 saturated heterocycles. The van der Waals surface area contributed by atoms with Crippen molar-refractivity contribution in [2.45, 2.75) is 13.5 Å². The zero-order chi connectivity index (χ0) is 17.6. The molecule has 0 aliphatic heterocycles. The fraction of sp³-hybridized carbons (Fsp3) is 0.118. The summed E-state index contributed by atoms with van der Waals surface area (Å²) in [6, 6.07) is 13.2. The zero-order valence-electron chi connectivity index (χ0n) is 13.5. The first-order valence-corrected chi connectivity index (χ1v) is 7.61. The molecule has 0 radical (unpaired) electrons. The van der Waals surface area contributed by atoms with Gasteiger partial charge in [-0.05, 0) is 24.1 Å². The number of benzene rings is 1. The van der Waals surface area contributed by atoms with Crippen LogP contribution in [0.4, 0.5) is 23.1 Å². The second kappa shape index (κ2) is 7.35. The summed E-state index contributed by atoms with van der Waals surface area (Å²) in [6.07, 6.45) is 2.89. The van der Waals surface area contributed by atoms with Crippen LogP contribution in [0, 0.1) is 17.0 Å². The SMILES string of the molecule is Cc1cccnc1Nc1ncnc(NCc2ccccc2)c1[N+](=O)[O-]. The highest BCUT2D eigenvalue weighted by Gasteiger charge is 2.23. The van der Waals surface area contributed by atoms with Gasteiger partial charge in [-0.15, -0.1) is 0 Å². The Morgan fingerprint density at radius 2 is 1.76 bits per heavy atom. The first-order valence-electron chi connectivity index (χ1n) is 7.61. The molecule has 0 aliphatic carbocycles. The number of nitrogens with zero attached hydrogens (tertiary/aromatic N) is 4. The third-order valence-electron chi connectivity index (χ3n) is 3.55. The fourth-order valence-electron chi connectivity index (χ4n) is 2.28. The van der Waals surface area contributed by atoms with Gasteiger partial charge in [0.1, 0.15) is 12.1 Å². The number of hydrogen-bond donors (Lipinski definition) is 2. The average molecular weight is 336 g/mol. The van der Waals surface area contributed by atoms with Gasteiger partial charge in [-0.1, -0.05) is 36.4 Å². The predicted octanol–water partition coefficient (Wildman–Crippen LogP) is 3.44. The molecule has 2 aromatic heterocycles. The van der Waals surface area contributed by atoms with Crippen molar-refractivity contribution in [2.24, 2.45) is 0 Å². The van der Waals surface area contributed by atoms with E-state index in [1.54, 1.807) is 12.3 Å². The summed E-state index contributed by atoms with van der Waals surface area (Å²) >= 11 is 0. The lowest BCUT2D eigenvalue weighted by Gasteiger charge is -2.10. The van der Waals surface area contributed by atoms with Crippen LogP contribution >= 0.6 is 0 Å². The Kier molecular flexibility index (Phi) is 4.79. The normalized spacial score (nSPS) is 10.3. The molecule has 0 amide bonds. The van der Waals surface area contributed by atoms with E-state index in [2.05, 4.69) is 25.6 Å². The molecule has 8 heteroatoms. The zero-order valence-corrected chi connectivity index (χ0v) is 13.5. The summed E-state index contributed by atoms with van der Waals surface area (Å²) in [6.45, 7) is 2.28. The second-order valence-corrected chi connectivity index (χ2v) is 5.31. The summed E-state index contributed by atoms with van der Waals surface area (Å²) in [4.78, 5) is 23.3. The van der Waals surface area contributed by atoms with Crippen LogP contribution in [0.25, 0.3) is 0 Å². The highest BCUT2D eigenvalue weighted by Crippen LogP contribution is 2.31. The Hall–Kier alpha value is -3.55. The third-order valence-corrected chi connectivity index (χ3v) is 3.55. The molecule has 8 nitrogen and oxygen atoms in total. The van der Waals surface area contributed by atoms with Crippen molar-refractivity contribution in [1.82, 2.24) is 15.0 Å². The quantitative estimate of drug-likeness (QED) is 0.524. The van der Waals surface area contributed by atoms with E-state index in [1.807, 2.05) is 43.3 Å². The molecule has 25 heavy (non-hydrogen) atoms. The van der Waals surface area contributed by atoms with E-state index in [-0.39, 0.29) is 17.3 Å². The van der Waals surface area contributed by atoms with Crippen LogP contribution in [0.2, 0.25) is 0 Å². The maximum atomic E-state index is 11.6. The van der Waals surface area contributed by atoms with Crippen LogP contribution in [-0.4, -0.2) is 19.9 Å². The number of nitrogens with one attached hydrogen (secondary N) is 2. The highest BCUT2D eigenvalue weighted by atomic mass is 16.6. The molecule has 0 spiro atoms. The molecule has 2 heterocycles. The van der Waals surface area contributed by atoms with E-state index in [0.29, 0.717) is 12.4 Å². The first kappa shape index (κ1) is 16.3. The molecule has 3 rings (SSSR count). The maximum absolute atomic E-state index is 11.6. The predicted molar refractivity (Wildman–Crippen MR) is 94.7 cm³/mol. The number of aromatic nitrogens is 3. The van der Waals surface area contributed by atoms with Crippen LogP contribution in [-0.2, 0) is 6.54 Å². The van der Waals surface area contributed by atoms with Crippen LogP contribution in [0.3, 0.4) is 0 Å². The topological polar surface area (TPSA) is 106 Å². The summed E-state index contributed by atoms with van der Waals surface area (Å²) in [7, 11) is 0. The van der Waals surface area contributed by atoms with Gasteiger partial charge in [-0.3, -0.25) is 10.1 Å². The van der Waals surface area contributed by atoms with Crippen molar-refractivity contribution in [3.05, 3.63) is 76.2 Å². The van der Waals surface area contributed by atoms with E-state index >= 15 is 0 Å². The van der Waals surface area contributed by atoms with Gasteiger partial charge < -0.3 is 10.6 Å². The van der Waals surface area contributed by atoms with Crippen molar-refractivity contribution in [1.29, 1.82) is 0 Å². The lowest BCUT2D eigenvalue weighted by atomic mass is 10.2. The molecule has 1 aromatic carbocycles. The molecule has 0 atom stereocenters. The van der Waals surface area contributed by atoms with Gasteiger partial charge in [-0.25, -0.2) is 15.0 Å². The summed E-state index contributed by atoms with van der Waals surface area (Å²) in [5.41, 5.74) is 1.63. The smallest absolute Gasteiger partial charge is 0.353 e. The van der Waals surface area contributed by atoms with Gasteiger partial charge >= 0.3 is 5.69 Å². The number of nitro groups is 1. The van der Waals surface area contributed by atoms with E-state index in [4.69, 9.17) is 0 Å². The molecule has 0 unspecified atom stereocenters. The lowest BCUT2D eigenvalue weighted by Crippen LogP contribution is -2.09. The number of hydrogen-bond acceptors (Lipinski definition) is 7. The third kappa shape index (κ3) is 3.86. The van der Waals surface area contributed by atoms with Crippen molar-refractivity contribution in [3.8, 4) is 0 Å². The monoisotopic (exact) mass is 336 g/mol. The molecule has 0 aliphatic rings. The van der Waals surface area contributed by atoms with Gasteiger partial charge in [0, 0.05) is 12.7 Å². The molecule has 126 valence electrons. The molecule has 3 aromatic rings. The number of aryl methyl sites for hydroxylation is 1. The van der Waals surface area contributed by atoms with Crippen LogP contribution < -0.4 is 10.6 Å². The summed E-state index contributed by atoms with van der Waals surface area (Å²) in [5.74, 6) is 0.760. The first-order chi connectivity index (χ1) is 12.1. The van der Waals surface area contributed by atoms with Gasteiger partial charge in [0.15, 0.2) is 0 Å². The Labute approximate surface area is 144 Å². The van der Waals surface area contributed by atoms with Crippen molar-refractivity contribution < 1.29 is 4.92 Å². The Balaban J connectivity index is 1.89. The minimum Gasteiger partial charge on any atom is -0.360 e. The minimum atomic E-state index is -0.506. The molecular formula is C17H16N6O2. The van der Waals surface area contributed by atoms with Crippen LogP contribution in [0.15, 0.2) is 55.0 Å². The van der Waals surface area contributed by atoms with Crippen molar-refractivity contribution >= 4 is 23.1 Å². The Morgan fingerprint density at radius 1 is 1.00 bits per heavy atom. The van der Waals surface area contributed by atoms with E-state index in [1.165, 1.54) is 6.33 Å². The Bertz CT molecular complexity index is 885. The number of anilines is 3. The minimum absolute atomic E-state index is 0.0948. The van der Waals surface area contributed by atoms with Crippen LogP contribution in [0.1, 0.15) is 11.1 Å². The van der Waals surface area contributed by atoms with E-state index in [0.717, 1.165) is 11.1 Å². The van der Waals surface area contributed by atoms with E-state index in [9.17, 15) is 10.1 Å². The maximum Gasteiger partial charge on any atom is 0.353 e. The summed E-state index contributed by atoms with van der Waals surface area (Å²) in [5, 5.41) is 17.5. The number of pyridine rings is 1. The van der Waals surface area contributed by atoms with Crippen molar-refractivity contribution in [3.63, 3.8) is 0 Å². The second-order valence-electron chi connectivity index (χ2n) is 5.31. The molecule has 2 N–H and O–H groups in total. The molecular weight excluding hydrogens is 320 g/mol. The van der Waals surface area contributed by atoms with Gasteiger partial charge in [0.05, 0.1) is 4.92 Å².